The molecule has 1 aromatic carbocycles. The largest absolute Gasteiger partial charge is 0.381 e. The lowest BCUT2D eigenvalue weighted by atomic mass is 10.0. The van der Waals surface area contributed by atoms with Crippen LogP contribution in [0.3, 0.4) is 0 Å². The van der Waals surface area contributed by atoms with Crippen molar-refractivity contribution in [2.24, 2.45) is 17.8 Å². The maximum atomic E-state index is 12.8. The molecule has 1 saturated heterocycles. The summed E-state index contributed by atoms with van der Waals surface area (Å²) in [5.74, 6) is 0.837. The van der Waals surface area contributed by atoms with Crippen molar-refractivity contribution in [2.45, 2.75) is 13.0 Å². The molecule has 2 fully saturated rings. The molecule has 1 N–H and O–H groups in total. The normalized spacial score (nSPS) is 22.9. The van der Waals surface area contributed by atoms with Crippen LogP contribution in [-0.2, 0) is 11.3 Å². The molecule has 1 saturated carbocycles. The van der Waals surface area contributed by atoms with Crippen molar-refractivity contribution >= 4 is 11.7 Å². The van der Waals surface area contributed by atoms with Gasteiger partial charge in [0.1, 0.15) is 5.56 Å². The number of benzene rings is 1. The van der Waals surface area contributed by atoms with Crippen LogP contribution >= 0.6 is 0 Å². The smallest absolute Gasteiger partial charge is 0.263 e. The van der Waals surface area contributed by atoms with Gasteiger partial charge in [-0.2, -0.15) is 0 Å². The van der Waals surface area contributed by atoms with Crippen molar-refractivity contribution < 1.29 is 14.3 Å². The van der Waals surface area contributed by atoms with Gasteiger partial charge >= 0.3 is 0 Å². The minimum Gasteiger partial charge on any atom is -0.381 e. The minimum absolute atomic E-state index is 0.00129. The zero-order chi connectivity index (χ0) is 19.0. The van der Waals surface area contributed by atoms with E-state index in [1.807, 2.05) is 30.3 Å². The van der Waals surface area contributed by atoms with Crippen LogP contribution in [0, 0.1) is 17.8 Å². The summed E-state index contributed by atoms with van der Waals surface area (Å²) in [5, 5.41) is 2.48. The molecule has 4 rings (SSSR count). The van der Waals surface area contributed by atoms with E-state index in [2.05, 4.69) is 5.32 Å². The second-order valence-electron chi connectivity index (χ2n) is 7.30. The highest BCUT2D eigenvalue weighted by Crippen LogP contribution is 2.52. The number of carbonyl (C=O) groups is 2. The van der Waals surface area contributed by atoms with Crippen LogP contribution in [0.15, 0.2) is 47.4 Å². The summed E-state index contributed by atoms with van der Waals surface area (Å²) in [7, 11) is 1.48. The number of carbonyl (C=O) groups excluding carboxylic acids is 2. The number of nitrogens with zero attached hydrogens (tertiary/aromatic N) is 1. The minimum atomic E-state index is -0.479. The molecule has 1 aliphatic carbocycles. The topological polar surface area (TPSA) is 77.4 Å². The Labute approximate surface area is 157 Å². The molecule has 3 atom stereocenters. The Morgan fingerprint density at radius 1 is 1.19 bits per heavy atom. The highest BCUT2D eigenvalue weighted by atomic mass is 16.5. The Kier molecular flexibility index (Phi) is 4.66. The number of ether oxygens (including phenoxy) is 1. The van der Waals surface area contributed by atoms with Gasteiger partial charge in [0.15, 0.2) is 5.78 Å². The van der Waals surface area contributed by atoms with Gasteiger partial charge in [-0.15, -0.1) is 0 Å². The van der Waals surface area contributed by atoms with Crippen LogP contribution < -0.4 is 10.9 Å². The van der Waals surface area contributed by atoms with Crippen LogP contribution in [0.25, 0.3) is 0 Å². The zero-order valence-corrected chi connectivity index (χ0v) is 15.2. The van der Waals surface area contributed by atoms with Gasteiger partial charge in [-0.3, -0.25) is 14.4 Å². The summed E-state index contributed by atoms with van der Waals surface area (Å²) in [6.45, 7) is 1.78. The lowest BCUT2D eigenvalue weighted by Gasteiger charge is -2.12. The van der Waals surface area contributed by atoms with Gasteiger partial charge in [0, 0.05) is 25.2 Å². The van der Waals surface area contributed by atoms with Crippen molar-refractivity contribution in [1.29, 1.82) is 0 Å². The van der Waals surface area contributed by atoms with Crippen molar-refractivity contribution in [3.05, 3.63) is 69.6 Å². The van der Waals surface area contributed by atoms with E-state index in [1.165, 1.54) is 17.7 Å². The summed E-state index contributed by atoms with van der Waals surface area (Å²) in [4.78, 5) is 37.7. The number of ketones is 1. The third-order valence-corrected chi connectivity index (χ3v) is 5.63. The number of rotatable bonds is 6. The molecule has 1 aromatic heterocycles. The van der Waals surface area contributed by atoms with E-state index in [0.29, 0.717) is 36.3 Å². The first-order valence-electron chi connectivity index (χ1n) is 9.20. The van der Waals surface area contributed by atoms with Crippen LogP contribution in [-0.4, -0.2) is 36.5 Å². The second-order valence-corrected chi connectivity index (χ2v) is 7.30. The summed E-state index contributed by atoms with van der Waals surface area (Å²) in [6, 6.07) is 10.9. The molecular weight excluding hydrogens is 344 g/mol. The third-order valence-electron chi connectivity index (χ3n) is 5.63. The average molecular weight is 366 g/mol. The van der Waals surface area contributed by atoms with E-state index in [9.17, 15) is 14.4 Å². The average Bonchev–Trinajstić information content (AvgIpc) is 3.10. The predicted octanol–water partition coefficient (Wildman–Crippen LogP) is 1.72. The lowest BCUT2D eigenvalue weighted by Crippen LogP contribution is -2.32. The van der Waals surface area contributed by atoms with Gasteiger partial charge in [0.05, 0.1) is 19.8 Å². The monoisotopic (exact) mass is 366 g/mol. The molecule has 2 heterocycles. The van der Waals surface area contributed by atoms with Gasteiger partial charge in [0.25, 0.3) is 11.5 Å². The fourth-order valence-electron chi connectivity index (χ4n) is 3.98. The summed E-state index contributed by atoms with van der Waals surface area (Å²) in [5.41, 5.74) is 0.945. The molecular formula is C21H22N2O4. The number of nitrogens with one attached hydrogen (secondary N) is 1. The van der Waals surface area contributed by atoms with E-state index in [0.717, 1.165) is 18.8 Å². The molecule has 27 heavy (non-hydrogen) atoms. The highest BCUT2D eigenvalue weighted by Gasteiger charge is 2.54. The van der Waals surface area contributed by atoms with E-state index in [1.54, 1.807) is 6.20 Å². The predicted molar refractivity (Wildman–Crippen MR) is 99.9 cm³/mol. The molecule has 6 nitrogen and oxygen atoms in total. The molecule has 1 unspecified atom stereocenters. The fourth-order valence-corrected chi connectivity index (χ4v) is 3.98. The van der Waals surface area contributed by atoms with E-state index in [4.69, 9.17) is 4.74 Å². The number of hydrogen-bond donors (Lipinski definition) is 1. The SMILES string of the molecule is CNC(=O)c1cc(C(=O)CC2[C@H]3COC[C@@H]23)cn(Cc2ccccc2)c1=O. The number of aromatic nitrogens is 1. The molecule has 6 heteroatoms. The van der Waals surface area contributed by atoms with Gasteiger partial charge < -0.3 is 14.6 Å². The maximum Gasteiger partial charge on any atom is 0.263 e. The molecule has 2 aromatic rings. The highest BCUT2D eigenvalue weighted by molar-refractivity contribution is 6.00. The van der Waals surface area contributed by atoms with Gasteiger partial charge in [-0.25, -0.2) is 0 Å². The number of amides is 1. The zero-order valence-electron chi connectivity index (χ0n) is 15.2. The Morgan fingerprint density at radius 2 is 1.89 bits per heavy atom. The third kappa shape index (κ3) is 3.45. The van der Waals surface area contributed by atoms with Crippen molar-refractivity contribution in [3.63, 3.8) is 0 Å². The van der Waals surface area contributed by atoms with Gasteiger partial charge in [-0.05, 0) is 29.4 Å². The van der Waals surface area contributed by atoms with Crippen molar-refractivity contribution in [1.82, 2.24) is 9.88 Å². The Hall–Kier alpha value is -2.73. The van der Waals surface area contributed by atoms with Crippen LogP contribution in [0.5, 0.6) is 0 Å². The maximum absolute atomic E-state index is 12.8. The van der Waals surface area contributed by atoms with Gasteiger partial charge in [0.2, 0.25) is 0 Å². The summed E-state index contributed by atoms with van der Waals surface area (Å²) in [6.07, 6.45) is 2.02. The van der Waals surface area contributed by atoms with Crippen LogP contribution in [0.2, 0.25) is 0 Å². The molecule has 0 bridgehead atoms. The lowest BCUT2D eigenvalue weighted by molar-refractivity contribution is 0.0950. The first-order chi connectivity index (χ1) is 13.1. The van der Waals surface area contributed by atoms with Crippen molar-refractivity contribution in [2.75, 3.05) is 20.3 Å². The van der Waals surface area contributed by atoms with Gasteiger partial charge in [-0.1, -0.05) is 30.3 Å². The van der Waals surface area contributed by atoms with E-state index >= 15 is 0 Å². The van der Waals surface area contributed by atoms with Crippen LogP contribution in [0.4, 0.5) is 0 Å². The summed E-state index contributed by atoms with van der Waals surface area (Å²) < 4.78 is 6.83. The molecule has 140 valence electrons. The van der Waals surface area contributed by atoms with E-state index in [-0.39, 0.29) is 11.3 Å². The van der Waals surface area contributed by atoms with Crippen LogP contribution in [0.1, 0.15) is 32.7 Å². The fraction of sp³-hybridized carbons (Fsp3) is 0.381. The second kappa shape index (κ2) is 7.12. The number of Topliss-reactive ketones (excluding diaryl/α,β-unsaturated/α-hetero) is 1. The van der Waals surface area contributed by atoms with E-state index < -0.39 is 11.5 Å². The molecule has 1 amide bonds. The van der Waals surface area contributed by atoms with Crippen molar-refractivity contribution in [3.8, 4) is 0 Å². The first kappa shape index (κ1) is 17.7. The Balaban J connectivity index is 1.64. The number of fused-ring (bicyclic) bond motifs is 1. The molecule has 2 aliphatic rings. The summed E-state index contributed by atoms with van der Waals surface area (Å²) >= 11 is 0. The molecule has 0 radical (unpaired) electrons. The quantitative estimate of drug-likeness (QED) is 0.790. The molecule has 1 aliphatic heterocycles. The number of pyridine rings is 1. The Morgan fingerprint density at radius 3 is 2.56 bits per heavy atom. The standard InChI is InChI=1S/C21H22N2O4/c1-22-20(25)16-7-14(19(24)8-15-17-11-27-12-18(15)17)10-23(21(16)26)9-13-5-3-2-4-6-13/h2-7,10,15,17-18H,8-9,11-12H2,1H3,(H,22,25)/t15?,17-,18+. The molecule has 0 spiro atoms. The number of hydrogen-bond acceptors (Lipinski definition) is 4. The Bertz CT molecular complexity index is 925. The first-order valence-corrected chi connectivity index (χ1v) is 9.20.